The van der Waals surface area contributed by atoms with Crippen LogP contribution in [-0.2, 0) is 0 Å². The summed E-state index contributed by atoms with van der Waals surface area (Å²) in [6.45, 7) is 10.8. The Balaban J connectivity index is 3.15. The molecular weight excluding hydrogens is 86.1 g/mol. The van der Waals surface area contributed by atoms with Gasteiger partial charge in [0.1, 0.15) is 0 Å². The Hall–Kier alpha value is -0.0400. The summed E-state index contributed by atoms with van der Waals surface area (Å²) in [5.74, 6) is 0. The molecule has 0 saturated carbocycles. The van der Waals surface area contributed by atoms with E-state index in [1.165, 1.54) is 0 Å². The fourth-order valence-corrected chi connectivity index (χ4v) is 0.375. The lowest BCUT2D eigenvalue weighted by atomic mass is 10.1. The second-order valence-electron chi connectivity index (χ2n) is 2.68. The van der Waals surface area contributed by atoms with E-state index in [-0.39, 0.29) is 5.54 Å². The predicted molar refractivity (Wildman–Crippen MR) is 33.1 cm³/mol. The molecule has 0 saturated heterocycles. The van der Waals surface area contributed by atoms with E-state index < -0.39 is 0 Å². The van der Waals surface area contributed by atoms with E-state index in [1.54, 1.807) is 0 Å². The first-order valence-corrected chi connectivity index (χ1v) is 2.60. The van der Waals surface area contributed by atoms with Crippen LogP contribution in [0.15, 0.2) is 0 Å². The molecule has 7 heavy (non-hydrogen) atoms. The normalized spacial score (nSPS) is 12.0. The van der Waals surface area contributed by atoms with Crippen LogP contribution in [0.1, 0.15) is 20.8 Å². The van der Waals surface area contributed by atoms with Gasteiger partial charge in [0.15, 0.2) is 0 Å². The topological polar surface area (TPSA) is 12.0 Å². The molecule has 0 aliphatic rings. The first-order valence-electron chi connectivity index (χ1n) is 2.60. The van der Waals surface area contributed by atoms with Crippen LogP contribution in [-0.4, -0.2) is 12.1 Å². The van der Waals surface area contributed by atoms with Crippen molar-refractivity contribution in [3.05, 3.63) is 6.92 Å². The zero-order valence-corrected chi connectivity index (χ0v) is 5.41. The summed E-state index contributed by atoms with van der Waals surface area (Å²) in [7, 11) is 0. The van der Waals surface area contributed by atoms with E-state index in [9.17, 15) is 0 Å². The van der Waals surface area contributed by atoms with Gasteiger partial charge in [0.05, 0.1) is 0 Å². The number of hydrogen-bond donors (Lipinski definition) is 1. The number of rotatable bonds is 1. The maximum absolute atomic E-state index is 3.66. The first kappa shape index (κ1) is 6.96. The highest BCUT2D eigenvalue weighted by molar-refractivity contribution is 4.69. The van der Waals surface area contributed by atoms with Gasteiger partial charge in [0.25, 0.3) is 0 Å². The lowest BCUT2D eigenvalue weighted by molar-refractivity contribution is 0.449. The van der Waals surface area contributed by atoms with Gasteiger partial charge in [-0.15, -0.1) is 0 Å². The highest BCUT2D eigenvalue weighted by Crippen LogP contribution is 1.95. The van der Waals surface area contributed by atoms with Gasteiger partial charge in [0, 0.05) is 5.54 Å². The molecule has 1 nitrogen and oxygen atoms in total. The summed E-state index contributed by atoms with van der Waals surface area (Å²) in [4.78, 5) is 0. The average molecular weight is 100 g/mol. The van der Waals surface area contributed by atoms with Gasteiger partial charge in [-0.2, -0.15) is 0 Å². The average Bonchev–Trinajstić information content (AvgIpc) is 1.30. The van der Waals surface area contributed by atoms with Gasteiger partial charge in [-0.1, -0.05) is 0 Å². The van der Waals surface area contributed by atoms with E-state index in [2.05, 4.69) is 33.0 Å². The van der Waals surface area contributed by atoms with Crippen LogP contribution in [0.25, 0.3) is 0 Å². The molecule has 0 aliphatic heterocycles. The zero-order valence-electron chi connectivity index (χ0n) is 5.41. The molecule has 0 aliphatic carbocycles. The van der Waals surface area contributed by atoms with Gasteiger partial charge in [-0.25, -0.2) is 0 Å². The van der Waals surface area contributed by atoms with Crippen molar-refractivity contribution in [1.29, 1.82) is 0 Å². The molecule has 0 amide bonds. The minimum Gasteiger partial charge on any atom is -0.312 e. The molecule has 0 spiro atoms. The molecule has 0 aromatic rings. The van der Waals surface area contributed by atoms with Crippen molar-refractivity contribution in [3.63, 3.8) is 0 Å². The van der Waals surface area contributed by atoms with Gasteiger partial charge in [-0.05, 0) is 34.2 Å². The Morgan fingerprint density at radius 2 is 1.86 bits per heavy atom. The molecule has 0 aromatic heterocycles. The minimum atomic E-state index is 0.238. The zero-order chi connectivity index (χ0) is 5.91. The van der Waals surface area contributed by atoms with Crippen LogP contribution >= 0.6 is 0 Å². The summed E-state index contributed by atoms with van der Waals surface area (Å²) < 4.78 is 0. The molecular formula is C6H14N. The Bertz CT molecular complexity index is 42.6. The monoisotopic (exact) mass is 100 g/mol. The molecule has 0 fully saturated rings. The smallest absolute Gasteiger partial charge is 0.00965 e. The van der Waals surface area contributed by atoms with E-state index >= 15 is 0 Å². The Morgan fingerprint density at radius 1 is 1.43 bits per heavy atom. The van der Waals surface area contributed by atoms with Crippen LogP contribution in [0.2, 0.25) is 0 Å². The molecule has 0 heterocycles. The molecule has 0 rings (SSSR count). The van der Waals surface area contributed by atoms with E-state index in [0.29, 0.717) is 0 Å². The summed E-state index contributed by atoms with van der Waals surface area (Å²) in [5.41, 5.74) is 0.238. The molecule has 1 heteroatoms. The van der Waals surface area contributed by atoms with Gasteiger partial charge in [-0.3, -0.25) is 0 Å². The fraction of sp³-hybridized carbons (Fsp3) is 0.833. The van der Waals surface area contributed by atoms with E-state index in [4.69, 9.17) is 0 Å². The second kappa shape index (κ2) is 2.31. The van der Waals surface area contributed by atoms with Crippen LogP contribution in [0.3, 0.4) is 0 Å². The molecule has 0 bridgehead atoms. The first-order chi connectivity index (χ1) is 3.06. The Morgan fingerprint density at radius 3 is 1.86 bits per heavy atom. The third-order valence-corrected chi connectivity index (χ3v) is 0.655. The summed E-state index contributed by atoms with van der Waals surface area (Å²) in [6, 6.07) is 0. The fourth-order valence-electron chi connectivity index (χ4n) is 0.375. The van der Waals surface area contributed by atoms with Crippen LogP contribution in [0, 0.1) is 6.92 Å². The summed E-state index contributed by atoms with van der Waals surface area (Å²) in [5, 5.41) is 3.17. The third-order valence-electron chi connectivity index (χ3n) is 0.655. The SMILES string of the molecule is [CH2]CNC(C)(C)C. The molecule has 1 radical (unpaired) electrons. The Kier molecular flexibility index (Phi) is 2.30. The van der Waals surface area contributed by atoms with E-state index in [0.717, 1.165) is 6.54 Å². The summed E-state index contributed by atoms with van der Waals surface area (Å²) in [6.07, 6.45) is 0. The Labute approximate surface area is 46.1 Å². The maximum Gasteiger partial charge on any atom is 0.00965 e. The number of nitrogens with one attached hydrogen (secondary N) is 1. The van der Waals surface area contributed by atoms with Crippen LogP contribution < -0.4 is 5.32 Å². The largest absolute Gasteiger partial charge is 0.312 e. The minimum absolute atomic E-state index is 0.238. The molecule has 1 N–H and O–H groups in total. The highest BCUT2D eigenvalue weighted by Gasteiger charge is 2.04. The quantitative estimate of drug-likeness (QED) is 0.522. The van der Waals surface area contributed by atoms with Gasteiger partial charge in [0.2, 0.25) is 0 Å². The lowest BCUT2D eigenvalue weighted by Crippen LogP contribution is -2.35. The van der Waals surface area contributed by atoms with Gasteiger partial charge < -0.3 is 5.32 Å². The standard InChI is InChI=1S/C6H14N/c1-5-7-6(2,3)4/h7H,1,5H2,2-4H3. The molecule has 0 aromatic carbocycles. The molecule has 0 atom stereocenters. The lowest BCUT2D eigenvalue weighted by Gasteiger charge is -2.18. The predicted octanol–water partition coefficient (Wildman–Crippen LogP) is 1.21. The van der Waals surface area contributed by atoms with E-state index in [1.807, 2.05) is 0 Å². The van der Waals surface area contributed by atoms with Crippen molar-refractivity contribution in [2.24, 2.45) is 0 Å². The molecule has 43 valence electrons. The summed E-state index contributed by atoms with van der Waals surface area (Å²) >= 11 is 0. The van der Waals surface area contributed by atoms with Crippen LogP contribution in [0.4, 0.5) is 0 Å². The van der Waals surface area contributed by atoms with Crippen molar-refractivity contribution in [1.82, 2.24) is 5.32 Å². The van der Waals surface area contributed by atoms with Gasteiger partial charge >= 0.3 is 0 Å². The van der Waals surface area contributed by atoms with Crippen LogP contribution in [0.5, 0.6) is 0 Å². The van der Waals surface area contributed by atoms with Crippen molar-refractivity contribution in [2.75, 3.05) is 6.54 Å². The van der Waals surface area contributed by atoms with Crippen molar-refractivity contribution in [3.8, 4) is 0 Å². The maximum atomic E-state index is 3.66. The molecule has 0 unspecified atom stereocenters. The van der Waals surface area contributed by atoms with Crippen molar-refractivity contribution in [2.45, 2.75) is 26.3 Å². The second-order valence-corrected chi connectivity index (χ2v) is 2.68. The number of hydrogen-bond acceptors (Lipinski definition) is 1. The highest BCUT2D eigenvalue weighted by atomic mass is 14.9. The van der Waals surface area contributed by atoms with Crippen molar-refractivity contribution < 1.29 is 0 Å². The third kappa shape index (κ3) is 5.96. The van der Waals surface area contributed by atoms with Crippen molar-refractivity contribution >= 4 is 0 Å².